The molecule has 0 aromatic heterocycles. The second kappa shape index (κ2) is 17.8. The van der Waals surface area contributed by atoms with Gasteiger partial charge in [0.25, 0.3) is 0 Å². The van der Waals surface area contributed by atoms with Gasteiger partial charge in [0.05, 0.1) is 23.1 Å². The Balaban J connectivity index is 1.10. The van der Waals surface area contributed by atoms with E-state index in [1.807, 2.05) is 97.1 Å². The first-order valence-electron chi connectivity index (χ1n) is 24.0. The number of aryl methyl sites for hydroxylation is 2. The molecule has 0 fully saturated rings. The van der Waals surface area contributed by atoms with Gasteiger partial charge < -0.3 is 9.80 Å². The molecule has 0 aliphatic heterocycles. The second-order valence-corrected chi connectivity index (χ2v) is 18.4. The maximum absolute atomic E-state index is 17.7. The number of rotatable bonds is 10. The lowest BCUT2D eigenvalue weighted by atomic mass is 9.85. The summed E-state index contributed by atoms with van der Waals surface area (Å²) in [6.45, 7) is 4.16. The van der Waals surface area contributed by atoms with E-state index in [2.05, 4.69) is 151 Å². The predicted octanol–water partition coefficient (Wildman–Crippen LogP) is 17.8. The molecule has 0 saturated heterocycles. The van der Waals surface area contributed by atoms with Crippen molar-refractivity contribution in [1.29, 1.82) is 0 Å². The van der Waals surface area contributed by atoms with Gasteiger partial charge in [0.2, 0.25) is 0 Å². The summed E-state index contributed by atoms with van der Waals surface area (Å²) in [5, 5.41) is 5.38. The van der Waals surface area contributed by atoms with Crippen LogP contribution in [0, 0.1) is 25.5 Å². The number of hydrogen-bond acceptors (Lipinski definition) is 2. The minimum absolute atomic E-state index is 0.283. The zero-order chi connectivity index (χ0) is 47.3. The third-order valence-electron chi connectivity index (χ3n) is 14.0. The van der Waals surface area contributed by atoms with Crippen molar-refractivity contribution in [2.24, 2.45) is 0 Å². The molecule has 336 valence electrons. The first kappa shape index (κ1) is 42.7. The van der Waals surface area contributed by atoms with Gasteiger partial charge in [0.1, 0.15) is 11.6 Å². The van der Waals surface area contributed by atoms with Gasteiger partial charge in [-0.1, -0.05) is 193 Å². The van der Waals surface area contributed by atoms with Crippen LogP contribution in [0.25, 0.3) is 72.1 Å². The molecule has 1 aliphatic carbocycles. The van der Waals surface area contributed by atoms with Gasteiger partial charge >= 0.3 is 0 Å². The van der Waals surface area contributed by atoms with Gasteiger partial charge in [0, 0.05) is 27.9 Å². The van der Waals surface area contributed by atoms with Crippen LogP contribution in [0.1, 0.15) is 29.2 Å². The Kier molecular flexibility index (Phi) is 10.9. The second-order valence-electron chi connectivity index (χ2n) is 18.4. The van der Waals surface area contributed by atoms with Gasteiger partial charge in [-0.3, -0.25) is 0 Å². The number of halogens is 2. The molecular formula is C66H48F2N2. The molecule has 11 aromatic rings. The fourth-order valence-electron chi connectivity index (χ4n) is 10.6. The Morgan fingerprint density at radius 1 is 0.414 bits per heavy atom. The average Bonchev–Trinajstić information content (AvgIpc) is 3.41. The highest BCUT2D eigenvalue weighted by Gasteiger charge is 2.32. The van der Waals surface area contributed by atoms with Gasteiger partial charge in [0.15, 0.2) is 0 Å². The van der Waals surface area contributed by atoms with Crippen LogP contribution in [0.2, 0.25) is 0 Å². The molecule has 1 aliphatic rings. The van der Waals surface area contributed by atoms with Crippen molar-refractivity contribution in [3.63, 3.8) is 0 Å². The quantitative estimate of drug-likeness (QED) is 0.135. The smallest absolute Gasteiger partial charge is 0.148 e. The van der Waals surface area contributed by atoms with Crippen molar-refractivity contribution >= 4 is 56.1 Å². The molecule has 2 nitrogen and oxygen atoms in total. The molecule has 0 heterocycles. The van der Waals surface area contributed by atoms with Crippen molar-refractivity contribution in [1.82, 2.24) is 0 Å². The molecule has 0 N–H and O–H groups in total. The summed E-state index contributed by atoms with van der Waals surface area (Å²) in [4.78, 5) is 4.33. The summed E-state index contributed by atoms with van der Waals surface area (Å²) in [5.74, 6) is -0.622. The molecule has 0 radical (unpaired) electrons. The third-order valence-corrected chi connectivity index (χ3v) is 14.0. The summed E-state index contributed by atoms with van der Waals surface area (Å²) in [6, 6.07) is 77.6. The van der Waals surface area contributed by atoms with Gasteiger partial charge in [-0.05, 0) is 135 Å². The maximum Gasteiger partial charge on any atom is 0.148 e. The highest BCUT2D eigenvalue weighted by molar-refractivity contribution is 6.18. The third kappa shape index (κ3) is 7.59. The van der Waals surface area contributed by atoms with Crippen LogP contribution in [0.4, 0.5) is 37.2 Å². The van der Waals surface area contributed by atoms with Crippen LogP contribution in [0.5, 0.6) is 0 Å². The van der Waals surface area contributed by atoms with E-state index < -0.39 is 0 Å². The van der Waals surface area contributed by atoms with Crippen LogP contribution in [-0.2, 0) is 0 Å². The van der Waals surface area contributed by atoms with Crippen molar-refractivity contribution in [2.45, 2.75) is 26.3 Å². The number of benzene rings is 11. The Labute approximate surface area is 407 Å². The van der Waals surface area contributed by atoms with E-state index in [1.165, 1.54) is 0 Å². The zero-order valence-electron chi connectivity index (χ0n) is 39.0. The molecule has 12 rings (SSSR count). The largest absolute Gasteiger partial charge is 0.331 e. The van der Waals surface area contributed by atoms with Crippen LogP contribution in [0.15, 0.2) is 231 Å². The van der Waals surface area contributed by atoms with E-state index in [0.717, 1.165) is 105 Å². The van der Waals surface area contributed by atoms with E-state index in [-0.39, 0.29) is 17.7 Å². The first-order valence-corrected chi connectivity index (χ1v) is 24.0. The molecule has 70 heavy (non-hydrogen) atoms. The normalized spacial score (nSPS) is 13.1. The lowest BCUT2D eigenvalue weighted by molar-refractivity contribution is 0.614. The highest BCUT2D eigenvalue weighted by Crippen LogP contribution is 2.51. The Bertz CT molecular complexity index is 3760. The average molecular weight is 907 g/mol. The molecule has 0 spiro atoms. The van der Waals surface area contributed by atoms with E-state index in [0.29, 0.717) is 17.8 Å². The topological polar surface area (TPSA) is 6.48 Å². The summed E-state index contributed by atoms with van der Waals surface area (Å²) < 4.78 is 35.4. The summed E-state index contributed by atoms with van der Waals surface area (Å²) in [7, 11) is 0. The van der Waals surface area contributed by atoms with E-state index in [4.69, 9.17) is 0 Å². The van der Waals surface area contributed by atoms with Crippen molar-refractivity contribution < 1.29 is 8.78 Å². The first-order chi connectivity index (χ1) is 34.4. The number of anilines is 5. The van der Waals surface area contributed by atoms with Crippen molar-refractivity contribution in [3.8, 4) is 44.5 Å². The molecule has 1 unspecified atom stereocenters. The minimum atomic E-state index is -0.327. The van der Waals surface area contributed by atoms with Crippen molar-refractivity contribution in [2.75, 3.05) is 9.80 Å². The van der Waals surface area contributed by atoms with Gasteiger partial charge in [-0.15, -0.1) is 0 Å². The lowest BCUT2D eigenvalue weighted by Crippen LogP contribution is -2.29. The minimum Gasteiger partial charge on any atom is -0.331 e. The van der Waals surface area contributed by atoms with Crippen LogP contribution in [-0.4, -0.2) is 0 Å². The SMILES string of the molecule is Cc1ccc(N(c2c(F)cc(-c3ccccc3)cc2-c2ccccc2)c2ccc3ccc4c5c(ccc2c35)=CCC4N(c2ccc(C)cc2)c2c(F)cc(-c3ccccc3)cc2-c2ccccc2)cc1. The molecule has 1 atom stereocenters. The van der Waals surface area contributed by atoms with E-state index >= 15 is 8.78 Å². The number of nitrogens with zero attached hydrogens (tertiary/aromatic N) is 2. The number of hydrogen-bond donors (Lipinski definition) is 0. The zero-order valence-corrected chi connectivity index (χ0v) is 39.0. The van der Waals surface area contributed by atoms with E-state index in [1.54, 1.807) is 12.1 Å². The van der Waals surface area contributed by atoms with Gasteiger partial charge in [-0.25, -0.2) is 8.78 Å². The van der Waals surface area contributed by atoms with E-state index in [9.17, 15) is 0 Å². The molecule has 0 amide bonds. The van der Waals surface area contributed by atoms with Crippen LogP contribution >= 0.6 is 0 Å². The maximum atomic E-state index is 17.7. The van der Waals surface area contributed by atoms with Crippen LogP contribution < -0.4 is 15.0 Å². The predicted molar refractivity (Wildman–Crippen MR) is 289 cm³/mol. The fraction of sp³-hybridized carbons (Fsp3) is 0.0606. The highest BCUT2D eigenvalue weighted by atomic mass is 19.1. The van der Waals surface area contributed by atoms with Crippen molar-refractivity contribution in [3.05, 3.63) is 264 Å². The molecule has 4 heteroatoms. The molecule has 0 bridgehead atoms. The summed E-state index contributed by atoms with van der Waals surface area (Å²) in [5.41, 5.74) is 13.9. The fourth-order valence-corrected chi connectivity index (χ4v) is 10.6. The standard InChI is InChI=1S/C66H48F2N2/c1-43-23-31-53(32-24-43)69(65-57(47-19-11-5-12-20-47)39-51(41-59(65)67)45-15-7-3-8-16-45)61-37-29-49-28-36-56-62(38-30-50-27-35-55(61)63(49)64(50)56)70(54-33-25-44(2)26-34-54)66-58(48-21-13-6-14-22-48)40-52(42-60(66)68)46-17-9-4-10-18-46/h3-37,39-42,62H,38H2,1-2H3. The molecular weight excluding hydrogens is 859 g/mol. The molecule has 0 saturated carbocycles. The Morgan fingerprint density at radius 3 is 1.46 bits per heavy atom. The monoisotopic (exact) mass is 906 g/mol. The lowest BCUT2D eigenvalue weighted by Gasteiger charge is -2.38. The van der Waals surface area contributed by atoms with Crippen LogP contribution in [0.3, 0.4) is 0 Å². The summed E-state index contributed by atoms with van der Waals surface area (Å²) >= 11 is 0. The Hall–Kier alpha value is -8.60. The summed E-state index contributed by atoms with van der Waals surface area (Å²) in [6.07, 6.45) is 2.95. The molecule has 11 aromatic carbocycles. The van der Waals surface area contributed by atoms with Gasteiger partial charge in [-0.2, -0.15) is 0 Å². The Morgan fingerprint density at radius 2 is 0.900 bits per heavy atom.